The Morgan fingerprint density at radius 3 is 2.71 bits per heavy atom. The lowest BCUT2D eigenvalue weighted by molar-refractivity contribution is 0.141. The van der Waals surface area contributed by atoms with Gasteiger partial charge in [-0.25, -0.2) is 4.79 Å². The van der Waals surface area contributed by atoms with E-state index in [2.05, 4.69) is 5.32 Å². The monoisotopic (exact) mass is 236 g/mol. The molecule has 1 atom stereocenters. The Bertz CT molecular complexity index is 327. The van der Waals surface area contributed by atoms with Gasteiger partial charge in [0, 0.05) is 6.54 Å². The number of unbranched alkanes of at least 4 members (excludes halogenated alkanes) is 1. The van der Waals surface area contributed by atoms with Crippen molar-refractivity contribution in [2.75, 3.05) is 13.2 Å². The molecule has 0 aliphatic carbocycles. The van der Waals surface area contributed by atoms with E-state index in [0.717, 1.165) is 18.4 Å². The molecule has 0 aliphatic rings. The van der Waals surface area contributed by atoms with E-state index in [9.17, 15) is 4.79 Å². The molecule has 0 bridgehead atoms. The molecule has 1 unspecified atom stereocenters. The van der Waals surface area contributed by atoms with Crippen LogP contribution in [0.25, 0.3) is 0 Å². The SMILES string of the molecule is CCCCOC(=O)NC(CN)c1ccccc1. The summed E-state index contributed by atoms with van der Waals surface area (Å²) in [6.07, 6.45) is 1.48. The van der Waals surface area contributed by atoms with Gasteiger partial charge in [-0.05, 0) is 12.0 Å². The highest BCUT2D eigenvalue weighted by Crippen LogP contribution is 2.10. The minimum absolute atomic E-state index is 0.190. The van der Waals surface area contributed by atoms with Crippen LogP contribution in [0.5, 0.6) is 0 Å². The molecule has 1 aromatic rings. The summed E-state index contributed by atoms with van der Waals surface area (Å²) < 4.78 is 5.03. The molecule has 17 heavy (non-hydrogen) atoms. The number of alkyl carbamates (subject to hydrolysis) is 1. The topological polar surface area (TPSA) is 64.3 Å². The first kappa shape index (κ1) is 13.5. The molecule has 4 nitrogen and oxygen atoms in total. The number of benzene rings is 1. The van der Waals surface area contributed by atoms with E-state index in [1.165, 1.54) is 0 Å². The second kappa shape index (κ2) is 7.68. The van der Waals surface area contributed by atoms with Crippen LogP contribution in [-0.4, -0.2) is 19.2 Å². The van der Waals surface area contributed by atoms with Crippen LogP contribution in [0.4, 0.5) is 4.79 Å². The molecule has 4 heteroatoms. The van der Waals surface area contributed by atoms with Gasteiger partial charge in [-0.2, -0.15) is 0 Å². The molecule has 1 aromatic carbocycles. The fourth-order valence-corrected chi connectivity index (χ4v) is 1.46. The summed E-state index contributed by atoms with van der Waals surface area (Å²) in [6, 6.07) is 9.44. The standard InChI is InChI=1S/C13H20N2O2/c1-2-3-9-17-13(16)15-12(10-14)11-7-5-4-6-8-11/h4-8,12H,2-3,9-10,14H2,1H3,(H,15,16). The normalized spacial score (nSPS) is 11.9. The third-order valence-electron chi connectivity index (χ3n) is 2.46. The van der Waals surface area contributed by atoms with Crippen molar-refractivity contribution in [2.45, 2.75) is 25.8 Å². The zero-order valence-electron chi connectivity index (χ0n) is 10.2. The largest absolute Gasteiger partial charge is 0.450 e. The van der Waals surface area contributed by atoms with Crippen LogP contribution in [0, 0.1) is 0 Å². The zero-order valence-corrected chi connectivity index (χ0v) is 10.2. The lowest BCUT2D eigenvalue weighted by atomic mass is 10.1. The number of rotatable bonds is 6. The Morgan fingerprint density at radius 2 is 2.12 bits per heavy atom. The van der Waals surface area contributed by atoms with Gasteiger partial charge in [0.2, 0.25) is 0 Å². The van der Waals surface area contributed by atoms with E-state index in [-0.39, 0.29) is 6.04 Å². The van der Waals surface area contributed by atoms with Crippen LogP contribution < -0.4 is 11.1 Å². The van der Waals surface area contributed by atoms with Crippen molar-refractivity contribution < 1.29 is 9.53 Å². The lowest BCUT2D eigenvalue weighted by Crippen LogP contribution is -2.33. The number of amides is 1. The van der Waals surface area contributed by atoms with Gasteiger partial charge < -0.3 is 15.8 Å². The van der Waals surface area contributed by atoms with Gasteiger partial charge in [0.15, 0.2) is 0 Å². The molecule has 0 saturated heterocycles. The summed E-state index contributed by atoms with van der Waals surface area (Å²) in [5, 5.41) is 2.76. The third-order valence-corrected chi connectivity index (χ3v) is 2.46. The molecule has 0 aliphatic heterocycles. The Morgan fingerprint density at radius 1 is 1.41 bits per heavy atom. The number of hydrogen-bond acceptors (Lipinski definition) is 3. The van der Waals surface area contributed by atoms with Crippen LogP contribution in [0.1, 0.15) is 31.4 Å². The molecule has 3 N–H and O–H groups in total. The fraction of sp³-hybridized carbons (Fsp3) is 0.462. The Balaban J connectivity index is 2.44. The molecule has 1 amide bonds. The van der Waals surface area contributed by atoms with E-state index in [0.29, 0.717) is 13.2 Å². The summed E-state index contributed by atoms with van der Waals surface area (Å²) >= 11 is 0. The number of carbonyl (C=O) groups excluding carboxylic acids is 1. The summed E-state index contributed by atoms with van der Waals surface area (Å²) in [4.78, 5) is 11.5. The first-order chi connectivity index (χ1) is 8.27. The minimum atomic E-state index is -0.405. The molecule has 0 fully saturated rings. The van der Waals surface area contributed by atoms with Crippen LogP contribution in [0.2, 0.25) is 0 Å². The van der Waals surface area contributed by atoms with Gasteiger partial charge in [-0.3, -0.25) is 0 Å². The van der Waals surface area contributed by atoms with Crippen molar-refractivity contribution in [3.05, 3.63) is 35.9 Å². The fourth-order valence-electron chi connectivity index (χ4n) is 1.46. The van der Waals surface area contributed by atoms with Crippen LogP contribution in [0.3, 0.4) is 0 Å². The molecule has 0 aromatic heterocycles. The average Bonchev–Trinajstić information content (AvgIpc) is 2.37. The van der Waals surface area contributed by atoms with Gasteiger partial charge in [-0.15, -0.1) is 0 Å². The number of nitrogens with two attached hydrogens (primary N) is 1. The van der Waals surface area contributed by atoms with Gasteiger partial charge >= 0.3 is 6.09 Å². The van der Waals surface area contributed by atoms with E-state index in [1.54, 1.807) is 0 Å². The Kier molecular flexibility index (Phi) is 6.10. The van der Waals surface area contributed by atoms with E-state index in [1.807, 2.05) is 37.3 Å². The van der Waals surface area contributed by atoms with E-state index >= 15 is 0 Å². The van der Waals surface area contributed by atoms with Crippen LogP contribution in [-0.2, 0) is 4.74 Å². The van der Waals surface area contributed by atoms with Crippen molar-refractivity contribution in [1.29, 1.82) is 0 Å². The van der Waals surface area contributed by atoms with Crippen LogP contribution in [0.15, 0.2) is 30.3 Å². The van der Waals surface area contributed by atoms with Gasteiger partial charge in [-0.1, -0.05) is 43.7 Å². The van der Waals surface area contributed by atoms with Crippen molar-refractivity contribution in [1.82, 2.24) is 5.32 Å². The van der Waals surface area contributed by atoms with Crippen molar-refractivity contribution in [3.8, 4) is 0 Å². The predicted molar refractivity (Wildman–Crippen MR) is 67.6 cm³/mol. The predicted octanol–water partition coefficient (Wildman–Crippen LogP) is 2.21. The first-order valence-electron chi connectivity index (χ1n) is 5.96. The second-order valence-electron chi connectivity index (χ2n) is 3.83. The molecule has 0 saturated carbocycles. The van der Waals surface area contributed by atoms with Crippen molar-refractivity contribution >= 4 is 6.09 Å². The van der Waals surface area contributed by atoms with E-state index in [4.69, 9.17) is 10.5 Å². The van der Waals surface area contributed by atoms with Crippen molar-refractivity contribution in [2.24, 2.45) is 5.73 Å². The molecule has 0 radical (unpaired) electrons. The summed E-state index contributed by atoms with van der Waals surface area (Å²) in [7, 11) is 0. The number of hydrogen-bond donors (Lipinski definition) is 2. The third kappa shape index (κ3) is 4.87. The quantitative estimate of drug-likeness (QED) is 0.744. The minimum Gasteiger partial charge on any atom is -0.450 e. The Labute approximate surface area is 102 Å². The van der Waals surface area contributed by atoms with Gasteiger partial charge in [0.1, 0.15) is 0 Å². The maximum Gasteiger partial charge on any atom is 0.407 e. The van der Waals surface area contributed by atoms with Crippen LogP contribution >= 0.6 is 0 Å². The molecule has 0 heterocycles. The second-order valence-corrected chi connectivity index (χ2v) is 3.83. The average molecular weight is 236 g/mol. The summed E-state index contributed by atoms with van der Waals surface area (Å²) in [5.41, 5.74) is 6.63. The highest BCUT2D eigenvalue weighted by molar-refractivity contribution is 5.67. The highest BCUT2D eigenvalue weighted by atomic mass is 16.5. The highest BCUT2D eigenvalue weighted by Gasteiger charge is 2.12. The Hall–Kier alpha value is -1.55. The number of ether oxygens (including phenoxy) is 1. The summed E-state index contributed by atoms with van der Waals surface area (Å²) in [5.74, 6) is 0. The van der Waals surface area contributed by atoms with E-state index < -0.39 is 6.09 Å². The van der Waals surface area contributed by atoms with Gasteiger partial charge in [0.25, 0.3) is 0 Å². The molecule has 1 rings (SSSR count). The van der Waals surface area contributed by atoms with Gasteiger partial charge in [0.05, 0.1) is 12.6 Å². The molecular weight excluding hydrogens is 216 g/mol. The molecule has 0 spiro atoms. The molecular formula is C13H20N2O2. The number of nitrogens with one attached hydrogen (secondary N) is 1. The lowest BCUT2D eigenvalue weighted by Gasteiger charge is -2.16. The first-order valence-corrected chi connectivity index (χ1v) is 5.96. The molecule has 94 valence electrons. The smallest absolute Gasteiger partial charge is 0.407 e. The zero-order chi connectivity index (χ0) is 12.5. The maximum absolute atomic E-state index is 11.5. The maximum atomic E-state index is 11.5. The van der Waals surface area contributed by atoms with Crippen molar-refractivity contribution in [3.63, 3.8) is 0 Å². The summed E-state index contributed by atoms with van der Waals surface area (Å²) in [6.45, 7) is 2.86. The number of carbonyl (C=O) groups is 1.